The monoisotopic (exact) mass is 422 g/mol. The maximum Gasteiger partial charge on any atom is 0.429 e. The van der Waals surface area contributed by atoms with E-state index in [0.29, 0.717) is 30.9 Å². The molecule has 1 saturated carbocycles. The largest absolute Gasteiger partial charge is 0.433 e. The van der Waals surface area contributed by atoms with Gasteiger partial charge in [-0.1, -0.05) is 31.6 Å². The Morgan fingerprint density at radius 2 is 1.87 bits per heavy atom. The average Bonchev–Trinajstić information content (AvgIpc) is 2.72. The maximum atomic E-state index is 15.2. The molecule has 0 bridgehead atoms. The molecule has 5 heteroatoms. The van der Waals surface area contributed by atoms with Crippen LogP contribution in [0, 0.1) is 11.7 Å². The molecule has 0 radical (unpaired) electrons. The molecule has 0 N–H and O–H groups in total. The number of unbranched alkanes of at least 4 members (excludes halogenated alkanes) is 2. The van der Waals surface area contributed by atoms with Crippen LogP contribution in [0.1, 0.15) is 87.3 Å². The number of fused-ring (bicyclic) bond motifs is 1. The van der Waals surface area contributed by atoms with Crippen molar-refractivity contribution >= 4 is 6.08 Å². The first-order valence-corrected chi connectivity index (χ1v) is 11.3. The number of rotatable bonds is 10. The minimum atomic E-state index is -3.64. The lowest BCUT2D eigenvalue weighted by Crippen LogP contribution is -2.26. The molecule has 0 atom stereocenters. The second kappa shape index (κ2) is 10.5. The number of benzene rings is 1. The van der Waals surface area contributed by atoms with Crippen LogP contribution in [0.5, 0.6) is 0 Å². The summed E-state index contributed by atoms with van der Waals surface area (Å²) < 4.78 is 55.1. The van der Waals surface area contributed by atoms with E-state index < -0.39 is 17.5 Å². The third-order valence-corrected chi connectivity index (χ3v) is 6.22. The van der Waals surface area contributed by atoms with Crippen molar-refractivity contribution in [3.05, 3.63) is 53.1 Å². The van der Waals surface area contributed by atoms with E-state index in [9.17, 15) is 8.78 Å². The van der Waals surface area contributed by atoms with Crippen molar-refractivity contribution in [1.29, 1.82) is 0 Å². The first kappa shape index (κ1) is 22.9. The molecule has 2 nitrogen and oxygen atoms in total. The molecule has 1 aromatic rings. The van der Waals surface area contributed by atoms with Crippen molar-refractivity contribution in [2.24, 2.45) is 5.92 Å². The summed E-state index contributed by atoms with van der Waals surface area (Å²) >= 11 is 0. The summed E-state index contributed by atoms with van der Waals surface area (Å²) in [6.07, 6.45) is 7.26. The van der Waals surface area contributed by atoms with Gasteiger partial charge in [0.2, 0.25) is 0 Å². The van der Waals surface area contributed by atoms with E-state index in [2.05, 4.69) is 13.5 Å². The zero-order valence-electron chi connectivity index (χ0n) is 17.9. The van der Waals surface area contributed by atoms with E-state index in [1.54, 1.807) is 18.2 Å². The molecule has 2 aliphatic rings. The molecular weight excluding hydrogens is 389 g/mol. The minimum Gasteiger partial charge on any atom is -0.433 e. The highest BCUT2D eigenvalue weighted by Crippen LogP contribution is 2.45. The third-order valence-electron chi connectivity index (χ3n) is 6.22. The topological polar surface area (TPSA) is 18.5 Å². The van der Waals surface area contributed by atoms with Crippen LogP contribution in [0.15, 0.2) is 30.5 Å². The molecule has 1 aromatic carbocycles. The van der Waals surface area contributed by atoms with Crippen LogP contribution in [0.4, 0.5) is 13.2 Å². The van der Waals surface area contributed by atoms with Gasteiger partial charge in [-0.2, -0.15) is 8.78 Å². The van der Waals surface area contributed by atoms with E-state index in [1.807, 2.05) is 6.08 Å². The van der Waals surface area contributed by atoms with Gasteiger partial charge in [0.25, 0.3) is 0 Å². The van der Waals surface area contributed by atoms with Gasteiger partial charge < -0.3 is 9.47 Å². The lowest BCUT2D eigenvalue weighted by Gasteiger charge is -2.31. The molecule has 30 heavy (non-hydrogen) atoms. The smallest absolute Gasteiger partial charge is 0.429 e. The average molecular weight is 423 g/mol. The highest BCUT2D eigenvalue weighted by atomic mass is 19.3. The SMILES string of the molecule is C=CC1CCC(c2ccc3c(c2F)C(F)(F)OC(CCCCOCCCC)=C3)CC1. The quantitative estimate of drug-likeness (QED) is 0.284. The third kappa shape index (κ3) is 5.48. The highest BCUT2D eigenvalue weighted by Gasteiger charge is 2.44. The normalized spacial score (nSPS) is 22.7. The molecule has 1 heterocycles. The van der Waals surface area contributed by atoms with Crippen LogP contribution < -0.4 is 0 Å². The van der Waals surface area contributed by atoms with E-state index in [4.69, 9.17) is 9.47 Å². The van der Waals surface area contributed by atoms with Crippen LogP contribution in [0.25, 0.3) is 6.08 Å². The predicted molar refractivity (Wildman–Crippen MR) is 114 cm³/mol. The lowest BCUT2D eigenvalue weighted by molar-refractivity contribution is -0.228. The van der Waals surface area contributed by atoms with Gasteiger partial charge in [-0.05, 0) is 74.0 Å². The van der Waals surface area contributed by atoms with Gasteiger partial charge in [0.05, 0.1) is 0 Å². The number of alkyl halides is 2. The van der Waals surface area contributed by atoms with Crippen LogP contribution in [-0.2, 0) is 15.6 Å². The molecule has 0 saturated heterocycles. The second-order valence-electron chi connectivity index (χ2n) is 8.43. The van der Waals surface area contributed by atoms with Gasteiger partial charge in [0, 0.05) is 19.6 Å². The standard InChI is InChI=1S/C25H33F3O2/c1-3-5-15-29-16-7-6-8-21-17-20-13-14-22(19-11-9-18(4-2)10-12-19)24(26)23(20)25(27,28)30-21/h4,13-14,17-19H,2-3,5-12,15-16H2,1H3. The van der Waals surface area contributed by atoms with Crippen molar-refractivity contribution in [1.82, 2.24) is 0 Å². The van der Waals surface area contributed by atoms with Crippen LogP contribution in [0.2, 0.25) is 0 Å². The summed E-state index contributed by atoms with van der Waals surface area (Å²) in [5.74, 6) is -0.187. The fourth-order valence-electron chi connectivity index (χ4n) is 4.40. The van der Waals surface area contributed by atoms with Gasteiger partial charge in [-0.15, -0.1) is 6.58 Å². The van der Waals surface area contributed by atoms with Crippen molar-refractivity contribution in [2.45, 2.75) is 76.7 Å². The lowest BCUT2D eigenvalue weighted by atomic mass is 9.78. The fraction of sp³-hybridized carbons (Fsp3) is 0.600. The minimum absolute atomic E-state index is 0.0274. The Morgan fingerprint density at radius 3 is 2.57 bits per heavy atom. The maximum absolute atomic E-state index is 15.2. The van der Waals surface area contributed by atoms with Gasteiger partial charge in [0.1, 0.15) is 17.1 Å². The molecule has 1 aliphatic carbocycles. The number of ether oxygens (including phenoxy) is 2. The fourth-order valence-corrected chi connectivity index (χ4v) is 4.40. The second-order valence-corrected chi connectivity index (χ2v) is 8.43. The van der Waals surface area contributed by atoms with E-state index in [0.717, 1.165) is 51.6 Å². The van der Waals surface area contributed by atoms with Crippen LogP contribution in [-0.4, -0.2) is 13.2 Å². The number of halogens is 3. The molecule has 0 amide bonds. The molecule has 166 valence electrons. The Kier molecular flexibility index (Phi) is 8.04. The summed E-state index contributed by atoms with van der Waals surface area (Å²) in [6, 6.07) is 3.31. The number of hydrogen-bond acceptors (Lipinski definition) is 2. The molecule has 0 aromatic heterocycles. The molecule has 1 aliphatic heterocycles. The first-order valence-electron chi connectivity index (χ1n) is 11.3. The molecule has 0 spiro atoms. The summed E-state index contributed by atoms with van der Waals surface area (Å²) in [6.45, 7) is 7.28. The summed E-state index contributed by atoms with van der Waals surface area (Å²) in [5.41, 5.74) is -0.000387. The van der Waals surface area contributed by atoms with Gasteiger partial charge in [-0.25, -0.2) is 4.39 Å². The van der Waals surface area contributed by atoms with Crippen LogP contribution >= 0.6 is 0 Å². The Bertz CT molecular complexity index is 749. The Morgan fingerprint density at radius 1 is 1.13 bits per heavy atom. The Labute approximate surface area is 178 Å². The highest BCUT2D eigenvalue weighted by molar-refractivity contribution is 5.60. The van der Waals surface area contributed by atoms with Crippen molar-refractivity contribution in [3.8, 4) is 0 Å². The van der Waals surface area contributed by atoms with Crippen LogP contribution in [0.3, 0.4) is 0 Å². The van der Waals surface area contributed by atoms with Crippen molar-refractivity contribution < 1.29 is 22.6 Å². The molecule has 3 rings (SSSR count). The number of allylic oxidation sites excluding steroid dienone is 2. The van der Waals surface area contributed by atoms with Crippen molar-refractivity contribution in [3.63, 3.8) is 0 Å². The van der Waals surface area contributed by atoms with E-state index in [1.165, 1.54) is 0 Å². The molecular formula is C25H33F3O2. The molecule has 1 fully saturated rings. The molecule has 0 unspecified atom stereocenters. The Hall–Kier alpha value is -1.75. The predicted octanol–water partition coefficient (Wildman–Crippen LogP) is 7.69. The summed E-state index contributed by atoms with van der Waals surface area (Å²) in [7, 11) is 0. The first-order chi connectivity index (χ1) is 14.5. The van der Waals surface area contributed by atoms with Gasteiger partial charge in [-0.3, -0.25) is 0 Å². The number of hydrogen-bond donors (Lipinski definition) is 0. The summed E-state index contributed by atoms with van der Waals surface area (Å²) in [4.78, 5) is 0. The van der Waals surface area contributed by atoms with Gasteiger partial charge in [0.15, 0.2) is 0 Å². The zero-order chi connectivity index (χ0) is 21.6. The zero-order valence-corrected chi connectivity index (χ0v) is 17.9. The Balaban J connectivity index is 1.66. The van der Waals surface area contributed by atoms with E-state index >= 15 is 4.39 Å². The summed E-state index contributed by atoms with van der Waals surface area (Å²) in [5, 5.41) is 0. The van der Waals surface area contributed by atoms with Gasteiger partial charge >= 0.3 is 6.11 Å². The van der Waals surface area contributed by atoms with E-state index in [-0.39, 0.29) is 17.2 Å². The van der Waals surface area contributed by atoms with Crippen molar-refractivity contribution in [2.75, 3.05) is 13.2 Å².